The summed E-state index contributed by atoms with van der Waals surface area (Å²) < 4.78 is 0. The number of aliphatic hydroxyl groups excluding tert-OH is 1. The van der Waals surface area contributed by atoms with E-state index in [0.717, 1.165) is 18.8 Å². The molecule has 2 saturated carbocycles. The van der Waals surface area contributed by atoms with Crippen molar-refractivity contribution in [1.82, 2.24) is 4.90 Å². The average molecular weight is 251 g/mol. The molecule has 1 heterocycles. The molecular weight excluding hydrogens is 222 g/mol. The van der Waals surface area contributed by atoms with Gasteiger partial charge in [-0.25, -0.2) is 0 Å². The Morgan fingerprint density at radius 1 is 0.944 bits per heavy atom. The van der Waals surface area contributed by atoms with Gasteiger partial charge in [0.15, 0.2) is 0 Å². The van der Waals surface area contributed by atoms with E-state index in [1.807, 2.05) is 0 Å². The number of likely N-dealkylation sites (tertiary alicyclic amines) is 1. The van der Waals surface area contributed by atoms with Crippen molar-refractivity contribution < 1.29 is 5.11 Å². The third kappa shape index (κ3) is 2.91. The first-order valence-electron chi connectivity index (χ1n) is 8.16. The molecule has 0 amide bonds. The zero-order chi connectivity index (χ0) is 12.4. The third-order valence-corrected chi connectivity index (χ3v) is 5.55. The topological polar surface area (TPSA) is 23.5 Å². The lowest BCUT2D eigenvalue weighted by Crippen LogP contribution is -2.57. The van der Waals surface area contributed by atoms with Crippen LogP contribution in [0.1, 0.15) is 64.2 Å². The van der Waals surface area contributed by atoms with Gasteiger partial charge in [0.05, 0.1) is 6.10 Å². The minimum Gasteiger partial charge on any atom is -0.393 e. The molecule has 0 aromatic heterocycles. The van der Waals surface area contributed by atoms with Crippen molar-refractivity contribution in [2.45, 2.75) is 70.3 Å². The van der Waals surface area contributed by atoms with Crippen molar-refractivity contribution in [3.8, 4) is 0 Å². The van der Waals surface area contributed by atoms with E-state index in [4.69, 9.17) is 0 Å². The molecule has 0 bridgehead atoms. The van der Waals surface area contributed by atoms with Crippen molar-refractivity contribution in [2.24, 2.45) is 11.3 Å². The highest BCUT2D eigenvalue weighted by Gasteiger charge is 2.42. The zero-order valence-corrected chi connectivity index (χ0v) is 11.7. The first-order valence-corrected chi connectivity index (χ1v) is 8.16. The summed E-state index contributed by atoms with van der Waals surface area (Å²) in [7, 11) is 0. The highest BCUT2D eigenvalue weighted by Crippen LogP contribution is 2.43. The fourth-order valence-electron chi connectivity index (χ4n) is 4.62. The van der Waals surface area contributed by atoms with Gasteiger partial charge in [-0.15, -0.1) is 0 Å². The van der Waals surface area contributed by atoms with E-state index < -0.39 is 0 Å². The van der Waals surface area contributed by atoms with Gasteiger partial charge in [0.25, 0.3) is 0 Å². The molecule has 2 nitrogen and oxygen atoms in total. The van der Waals surface area contributed by atoms with E-state index in [-0.39, 0.29) is 6.10 Å². The fourth-order valence-corrected chi connectivity index (χ4v) is 4.62. The highest BCUT2D eigenvalue weighted by atomic mass is 16.3. The Balaban J connectivity index is 1.44. The van der Waals surface area contributed by atoms with Gasteiger partial charge < -0.3 is 10.0 Å². The summed E-state index contributed by atoms with van der Waals surface area (Å²) in [4.78, 5) is 2.67. The van der Waals surface area contributed by atoms with Crippen LogP contribution in [0.4, 0.5) is 0 Å². The standard InChI is InChI=1S/C16H29NO/c18-15-7-5-6-14(10-15)11-17-12-16(13-17)8-3-1-2-4-9-16/h14-15,18H,1-13H2. The van der Waals surface area contributed by atoms with Crippen LogP contribution in [0.5, 0.6) is 0 Å². The van der Waals surface area contributed by atoms with E-state index in [2.05, 4.69) is 4.90 Å². The van der Waals surface area contributed by atoms with Gasteiger partial charge >= 0.3 is 0 Å². The minimum absolute atomic E-state index is 0.00290. The Morgan fingerprint density at radius 2 is 1.67 bits per heavy atom. The summed E-state index contributed by atoms with van der Waals surface area (Å²) >= 11 is 0. The molecule has 3 fully saturated rings. The maximum atomic E-state index is 9.74. The van der Waals surface area contributed by atoms with Gasteiger partial charge in [-0.3, -0.25) is 0 Å². The van der Waals surface area contributed by atoms with Crippen LogP contribution in [-0.2, 0) is 0 Å². The van der Waals surface area contributed by atoms with E-state index in [0.29, 0.717) is 5.41 Å². The molecule has 2 unspecified atom stereocenters. The van der Waals surface area contributed by atoms with Gasteiger partial charge in [0, 0.05) is 19.6 Å². The molecule has 1 N–H and O–H groups in total. The highest BCUT2D eigenvalue weighted by molar-refractivity contribution is 4.96. The van der Waals surface area contributed by atoms with E-state index in [1.165, 1.54) is 71.0 Å². The largest absolute Gasteiger partial charge is 0.393 e. The summed E-state index contributed by atoms with van der Waals surface area (Å²) in [6.45, 7) is 3.98. The van der Waals surface area contributed by atoms with Crippen LogP contribution in [-0.4, -0.2) is 35.7 Å². The van der Waals surface area contributed by atoms with E-state index in [9.17, 15) is 5.11 Å². The Labute approximate surface area is 112 Å². The lowest BCUT2D eigenvalue weighted by atomic mass is 9.73. The van der Waals surface area contributed by atoms with Crippen LogP contribution in [0.15, 0.2) is 0 Å². The molecule has 2 aliphatic carbocycles. The van der Waals surface area contributed by atoms with Gasteiger partial charge in [0.1, 0.15) is 0 Å². The lowest BCUT2D eigenvalue weighted by Gasteiger charge is -2.52. The Hall–Kier alpha value is -0.0800. The summed E-state index contributed by atoms with van der Waals surface area (Å²) in [6.07, 6.45) is 13.5. The molecule has 18 heavy (non-hydrogen) atoms. The first kappa shape index (κ1) is 12.9. The number of hydrogen-bond acceptors (Lipinski definition) is 2. The number of aliphatic hydroxyl groups is 1. The van der Waals surface area contributed by atoms with Crippen LogP contribution in [0.2, 0.25) is 0 Å². The van der Waals surface area contributed by atoms with Crippen LogP contribution >= 0.6 is 0 Å². The quantitative estimate of drug-likeness (QED) is 0.814. The molecule has 104 valence electrons. The molecule has 0 radical (unpaired) electrons. The fraction of sp³-hybridized carbons (Fsp3) is 1.00. The van der Waals surface area contributed by atoms with Gasteiger partial charge in [-0.2, -0.15) is 0 Å². The van der Waals surface area contributed by atoms with Crippen LogP contribution < -0.4 is 0 Å². The smallest absolute Gasteiger partial charge is 0.0543 e. The number of nitrogens with zero attached hydrogens (tertiary/aromatic N) is 1. The third-order valence-electron chi connectivity index (χ3n) is 5.55. The normalized spacial score (nSPS) is 37.2. The van der Waals surface area contributed by atoms with Gasteiger partial charge in [0.2, 0.25) is 0 Å². The molecular formula is C16H29NO. The molecule has 2 atom stereocenters. The maximum Gasteiger partial charge on any atom is 0.0543 e. The predicted molar refractivity (Wildman–Crippen MR) is 74.5 cm³/mol. The second-order valence-corrected chi connectivity index (χ2v) is 7.27. The first-order chi connectivity index (χ1) is 8.76. The molecule has 1 spiro atoms. The molecule has 1 aliphatic heterocycles. The van der Waals surface area contributed by atoms with Crippen molar-refractivity contribution in [3.63, 3.8) is 0 Å². The second kappa shape index (κ2) is 5.50. The van der Waals surface area contributed by atoms with Crippen LogP contribution in [0, 0.1) is 11.3 Å². The van der Waals surface area contributed by atoms with E-state index >= 15 is 0 Å². The SMILES string of the molecule is OC1CCCC(CN2CC3(CCCCCC3)C2)C1. The Morgan fingerprint density at radius 3 is 2.33 bits per heavy atom. The predicted octanol–water partition coefficient (Wildman–Crippen LogP) is 3.19. The maximum absolute atomic E-state index is 9.74. The van der Waals surface area contributed by atoms with Crippen LogP contribution in [0.25, 0.3) is 0 Å². The van der Waals surface area contributed by atoms with Crippen LogP contribution in [0.3, 0.4) is 0 Å². The summed E-state index contributed by atoms with van der Waals surface area (Å²) in [5, 5.41) is 9.74. The lowest BCUT2D eigenvalue weighted by molar-refractivity contribution is -0.0309. The van der Waals surface area contributed by atoms with Crippen molar-refractivity contribution in [3.05, 3.63) is 0 Å². The van der Waals surface area contributed by atoms with Gasteiger partial charge in [-0.1, -0.05) is 32.1 Å². The molecule has 3 aliphatic rings. The summed E-state index contributed by atoms with van der Waals surface area (Å²) in [5.41, 5.74) is 0.712. The molecule has 3 rings (SSSR count). The van der Waals surface area contributed by atoms with Crippen molar-refractivity contribution >= 4 is 0 Å². The second-order valence-electron chi connectivity index (χ2n) is 7.27. The Kier molecular flexibility index (Phi) is 3.95. The number of rotatable bonds is 2. The molecule has 0 aromatic rings. The summed E-state index contributed by atoms with van der Waals surface area (Å²) in [6, 6.07) is 0. The van der Waals surface area contributed by atoms with Crippen molar-refractivity contribution in [1.29, 1.82) is 0 Å². The molecule has 0 aromatic carbocycles. The Bertz CT molecular complexity index is 260. The molecule has 1 saturated heterocycles. The minimum atomic E-state index is -0.00290. The van der Waals surface area contributed by atoms with E-state index in [1.54, 1.807) is 0 Å². The van der Waals surface area contributed by atoms with Gasteiger partial charge in [-0.05, 0) is 43.4 Å². The monoisotopic (exact) mass is 251 g/mol. The van der Waals surface area contributed by atoms with Crippen molar-refractivity contribution in [2.75, 3.05) is 19.6 Å². The zero-order valence-electron chi connectivity index (χ0n) is 11.7. The number of hydrogen-bond donors (Lipinski definition) is 1. The summed E-state index contributed by atoms with van der Waals surface area (Å²) in [5.74, 6) is 0.775. The molecule has 2 heteroatoms. The average Bonchev–Trinajstić information content (AvgIpc) is 2.54.